The van der Waals surface area contributed by atoms with Crippen LogP contribution in [0.5, 0.6) is 0 Å². The minimum atomic E-state index is -3.07. The molecule has 2 aliphatic rings. The first kappa shape index (κ1) is 28.4. The van der Waals surface area contributed by atoms with E-state index in [1.807, 2.05) is 20.8 Å². The Hall–Kier alpha value is -1.61. The molecule has 6 nitrogen and oxygen atoms in total. The van der Waals surface area contributed by atoms with Crippen LogP contribution in [0.4, 0.5) is 18.6 Å². The van der Waals surface area contributed by atoms with Gasteiger partial charge in [0.05, 0.1) is 10.4 Å². The zero-order valence-electron chi connectivity index (χ0n) is 22.1. The van der Waals surface area contributed by atoms with Gasteiger partial charge in [0.25, 0.3) is 5.66 Å². The molecule has 0 spiro atoms. The van der Waals surface area contributed by atoms with Crippen molar-refractivity contribution >= 4 is 48.9 Å². The molecule has 4 rings (SSSR count). The van der Waals surface area contributed by atoms with E-state index in [0.29, 0.717) is 35.1 Å². The lowest BCUT2D eigenvalue weighted by atomic mass is 9.95. The number of ether oxygens (including phenoxy) is 1. The lowest BCUT2D eigenvalue weighted by Gasteiger charge is -2.30. The van der Waals surface area contributed by atoms with Crippen molar-refractivity contribution < 1.29 is 23.1 Å². The molecule has 0 fully saturated rings. The number of hydrogen-bond donors (Lipinski definition) is 2. The summed E-state index contributed by atoms with van der Waals surface area (Å²) in [4.78, 5) is 30.3. The number of fused-ring (bicyclic) bond motifs is 2. The largest absolute Gasteiger partial charge is 0.456 e. The SMILES string of the molecule is CC(C)N1CCc2c(sc(C(F)(F)P)c2CNC(=O)Nc2sc3c(c2C(=O)OC(C)(C)C)CCCC3)C1. The van der Waals surface area contributed by atoms with Gasteiger partial charge in [0.2, 0.25) is 0 Å². The third-order valence-electron chi connectivity index (χ3n) is 6.66. The number of alkyl halides is 2. The second-order valence-electron chi connectivity index (χ2n) is 11.0. The molecule has 0 bridgehead atoms. The molecule has 0 radical (unpaired) electrons. The van der Waals surface area contributed by atoms with Crippen molar-refractivity contribution in [3.8, 4) is 0 Å². The van der Waals surface area contributed by atoms with Gasteiger partial charge in [-0.15, -0.1) is 22.7 Å². The molecule has 0 saturated carbocycles. The van der Waals surface area contributed by atoms with Crippen LogP contribution in [0.15, 0.2) is 0 Å². The maximum absolute atomic E-state index is 14.5. The number of hydrogen-bond acceptors (Lipinski definition) is 6. The molecule has 2 aromatic rings. The summed E-state index contributed by atoms with van der Waals surface area (Å²) in [5, 5.41) is 6.06. The summed E-state index contributed by atoms with van der Waals surface area (Å²) in [6, 6.07) is -0.195. The van der Waals surface area contributed by atoms with Crippen molar-refractivity contribution in [1.29, 1.82) is 0 Å². The van der Waals surface area contributed by atoms with Crippen LogP contribution in [0.3, 0.4) is 0 Å². The molecule has 2 amide bonds. The second kappa shape index (κ2) is 10.9. The number of nitrogens with zero attached hydrogens (tertiary/aromatic N) is 1. The normalized spacial score (nSPS) is 16.4. The number of esters is 1. The van der Waals surface area contributed by atoms with Crippen LogP contribution in [0.1, 0.15) is 89.1 Å². The van der Waals surface area contributed by atoms with Gasteiger partial charge in [-0.3, -0.25) is 10.2 Å². The van der Waals surface area contributed by atoms with Gasteiger partial charge in [-0.25, -0.2) is 9.59 Å². The number of aryl methyl sites for hydroxylation is 1. The zero-order valence-corrected chi connectivity index (χ0v) is 24.8. The summed E-state index contributed by atoms with van der Waals surface area (Å²) in [5.41, 5.74) is -0.953. The summed E-state index contributed by atoms with van der Waals surface area (Å²) < 4.78 is 34.7. The third kappa shape index (κ3) is 6.52. The van der Waals surface area contributed by atoms with Gasteiger partial charge in [0.1, 0.15) is 10.6 Å². The Morgan fingerprint density at radius 2 is 1.78 bits per heavy atom. The van der Waals surface area contributed by atoms with Crippen molar-refractivity contribution in [3.63, 3.8) is 0 Å². The number of carbonyl (C=O) groups excluding carboxylic acids is 2. The number of thiophene rings is 2. The maximum Gasteiger partial charge on any atom is 0.341 e. The Labute approximate surface area is 227 Å². The lowest BCUT2D eigenvalue weighted by Crippen LogP contribution is -2.36. The Morgan fingerprint density at radius 1 is 1.08 bits per heavy atom. The molecule has 0 saturated heterocycles. The predicted octanol–water partition coefficient (Wildman–Crippen LogP) is 6.66. The van der Waals surface area contributed by atoms with E-state index in [9.17, 15) is 18.4 Å². The molecule has 11 heteroatoms. The molecular weight excluding hydrogens is 535 g/mol. The maximum atomic E-state index is 14.5. The first-order valence-corrected chi connectivity index (χ1v) is 14.9. The van der Waals surface area contributed by atoms with Crippen molar-refractivity contribution in [2.45, 2.75) is 97.1 Å². The van der Waals surface area contributed by atoms with Crippen LogP contribution < -0.4 is 10.6 Å². The number of anilines is 1. The van der Waals surface area contributed by atoms with E-state index < -0.39 is 23.3 Å². The molecule has 3 heterocycles. The highest BCUT2D eigenvalue weighted by atomic mass is 32.1. The molecule has 37 heavy (non-hydrogen) atoms. The van der Waals surface area contributed by atoms with Gasteiger partial charge in [-0.1, -0.05) is 9.24 Å². The second-order valence-corrected chi connectivity index (χ2v) is 13.9. The van der Waals surface area contributed by atoms with E-state index in [-0.39, 0.29) is 11.4 Å². The van der Waals surface area contributed by atoms with Gasteiger partial charge in [0, 0.05) is 35.4 Å². The molecule has 1 atom stereocenters. The Balaban J connectivity index is 1.54. The molecule has 1 aliphatic heterocycles. The number of urea groups is 1. The Morgan fingerprint density at radius 3 is 2.43 bits per heavy atom. The fourth-order valence-corrected chi connectivity index (χ4v) is 7.80. The summed E-state index contributed by atoms with van der Waals surface area (Å²) in [6.45, 7) is 11.1. The Kier molecular flexibility index (Phi) is 8.34. The summed E-state index contributed by atoms with van der Waals surface area (Å²) in [6.07, 6.45) is 4.32. The third-order valence-corrected chi connectivity index (χ3v) is 9.71. The number of rotatable bonds is 6. The highest BCUT2D eigenvalue weighted by Crippen LogP contribution is 2.45. The monoisotopic (exact) mass is 571 g/mol. The fourth-order valence-electron chi connectivity index (χ4n) is 4.90. The van der Waals surface area contributed by atoms with Crippen molar-refractivity contribution in [1.82, 2.24) is 10.2 Å². The van der Waals surface area contributed by atoms with Gasteiger partial charge >= 0.3 is 12.0 Å². The van der Waals surface area contributed by atoms with Gasteiger partial charge in [-0.05, 0) is 83.4 Å². The smallest absolute Gasteiger partial charge is 0.341 e. The molecule has 2 N–H and O–H groups in total. The van der Waals surface area contributed by atoms with Crippen LogP contribution in [-0.2, 0) is 42.8 Å². The minimum absolute atomic E-state index is 0.00840. The van der Waals surface area contributed by atoms with E-state index in [1.54, 1.807) is 9.24 Å². The van der Waals surface area contributed by atoms with E-state index in [2.05, 4.69) is 29.4 Å². The molecular formula is C26H36F2N3O3PS2. The number of carbonyl (C=O) groups is 2. The van der Waals surface area contributed by atoms with Crippen LogP contribution in [0.25, 0.3) is 0 Å². The van der Waals surface area contributed by atoms with Crippen LogP contribution >= 0.6 is 31.9 Å². The van der Waals surface area contributed by atoms with Crippen LogP contribution in [0, 0.1) is 0 Å². The summed E-state index contributed by atoms with van der Waals surface area (Å²) in [7, 11) is 1.63. The van der Waals surface area contributed by atoms with Gasteiger partial charge < -0.3 is 10.1 Å². The van der Waals surface area contributed by atoms with E-state index >= 15 is 0 Å². The molecule has 2 aromatic heterocycles. The first-order chi connectivity index (χ1) is 17.2. The van der Waals surface area contributed by atoms with Crippen molar-refractivity contribution in [2.75, 3.05) is 11.9 Å². The van der Waals surface area contributed by atoms with Gasteiger partial charge in [-0.2, -0.15) is 8.78 Å². The predicted molar refractivity (Wildman–Crippen MR) is 149 cm³/mol. The minimum Gasteiger partial charge on any atom is -0.456 e. The van der Waals surface area contributed by atoms with E-state index in [0.717, 1.165) is 64.4 Å². The zero-order chi connectivity index (χ0) is 27.1. The number of amides is 2. The first-order valence-electron chi connectivity index (χ1n) is 12.7. The molecule has 1 unspecified atom stereocenters. The van der Waals surface area contributed by atoms with Crippen LogP contribution in [0.2, 0.25) is 0 Å². The average molecular weight is 572 g/mol. The Bertz CT molecular complexity index is 1180. The topological polar surface area (TPSA) is 70.7 Å². The highest BCUT2D eigenvalue weighted by molar-refractivity contribution is 7.21. The standard InChI is InChI=1S/C26H36F2N3O3PS2/c1-14(2)31-11-10-15-17(21(26(27,28)35)36-19(15)13-31)12-29-24(33)30-22-20(23(32)34-25(3,4)5)16-8-6-7-9-18(16)37-22/h14H,6-13,35H2,1-5H3,(H2,29,30,33). The molecule has 1 aliphatic carbocycles. The lowest BCUT2D eigenvalue weighted by molar-refractivity contribution is 0.00698. The summed E-state index contributed by atoms with van der Waals surface area (Å²) in [5.74, 6) is -0.450. The highest BCUT2D eigenvalue weighted by Gasteiger charge is 2.36. The van der Waals surface area contributed by atoms with E-state index in [1.165, 1.54) is 11.3 Å². The average Bonchev–Trinajstić information content (AvgIpc) is 3.33. The van der Waals surface area contributed by atoms with Crippen molar-refractivity contribution in [3.05, 3.63) is 36.9 Å². The van der Waals surface area contributed by atoms with Gasteiger partial charge in [0.15, 0.2) is 0 Å². The quantitative estimate of drug-likeness (QED) is 0.301. The number of nitrogens with one attached hydrogen (secondary N) is 2. The number of halogens is 2. The van der Waals surface area contributed by atoms with Crippen molar-refractivity contribution in [2.24, 2.45) is 0 Å². The molecule has 204 valence electrons. The summed E-state index contributed by atoms with van der Waals surface area (Å²) >= 11 is 2.53. The molecule has 0 aromatic carbocycles. The van der Waals surface area contributed by atoms with E-state index in [4.69, 9.17) is 4.74 Å². The van der Waals surface area contributed by atoms with Crippen LogP contribution in [-0.4, -0.2) is 35.1 Å². The fraction of sp³-hybridized carbons (Fsp3) is 0.615.